The number of H-pyrrole nitrogens is 1. The third-order valence-corrected chi connectivity index (χ3v) is 6.14. The van der Waals surface area contributed by atoms with Crippen LogP contribution in [0.2, 0.25) is 0 Å². The SMILES string of the molecule is Cc1cc(C(=O)C[NH+]2CCC(n3c(=O)[nH]c4ccccc43)CC2)c(C)n1C. The fourth-order valence-corrected chi connectivity index (χ4v) is 4.34. The Morgan fingerprint density at radius 1 is 1.22 bits per heavy atom. The van der Waals surface area contributed by atoms with Crippen molar-refractivity contribution in [3.63, 3.8) is 0 Å². The number of benzene rings is 1. The zero-order valence-electron chi connectivity index (χ0n) is 16.2. The van der Waals surface area contributed by atoms with Gasteiger partial charge in [-0.15, -0.1) is 0 Å². The number of hydrogen-bond donors (Lipinski definition) is 2. The maximum atomic E-state index is 12.7. The molecule has 6 heteroatoms. The van der Waals surface area contributed by atoms with Gasteiger partial charge in [0, 0.05) is 42.9 Å². The van der Waals surface area contributed by atoms with Gasteiger partial charge in [-0.2, -0.15) is 0 Å². The minimum atomic E-state index is -0.0314. The molecule has 1 aliphatic rings. The van der Waals surface area contributed by atoms with Crippen LogP contribution in [-0.4, -0.2) is 39.5 Å². The topological polar surface area (TPSA) is 64.2 Å². The molecule has 0 aliphatic carbocycles. The van der Waals surface area contributed by atoms with Crippen LogP contribution in [0.3, 0.4) is 0 Å². The van der Waals surface area contributed by atoms with E-state index >= 15 is 0 Å². The quantitative estimate of drug-likeness (QED) is 0.685. The molecule has 2 N–H and O–H groups in total. The molecule has 1 aliphatic heterocycles. The molecule has 0 amide bonds. The number of aromatic nitrogens is 3. The van der Waals surface area contributed by atoms with Crippen molar-refractivity contribution in [3.8, 4) is 0 Å². The molecular formula is C21H27N4O2+. The van der Waals surface area contributed by atoms with Crippen molar-refractivity contribution in [1.82, 2.24) is 14.1 Å². The van der Waals surface area contributed by atoms with E-state index in [1.165, 1.54) is 4.90 Å². The summed E-state index contributed by atoms with van der Waals surface area (Å²) in [6.07, 6.45) is 1.83. The summed E-state index contributed by atoms with van der Waals surface area (Å²) in [6, 6.07) is 10.0. The summed E-state index contributed by atoms with van der Waals surface area (Å²) in [5, 5.41) is 0. The van der Waals surface area contributed by atoms with E-state index < -0.39 is 0 Å². The van der Waals surface area contributed by atoms with Gasteiger partial charge in [-0.3, -0.25) is 9.36 Å². The van der Waals surface area contributed by atoms with Crippen LogP contribution in [0.1, 0.15) is 40.6 Å². The Bertz CT molecular complexity index is 1050. The molecule has 3 aromatic rings. The summed E-state index contributed by atoms with van der Waals surface area (Å²) in [4.78, 5) is 29.4. The number of para-hydroxylation sites is 2. The Kier molecular flexibility index (Phi) is 4.52. The molecule has 1 saturated heterocycles. The molecule has 6 nitrogen and oxygen atoms in total. The van der Waals surface area contributed by atoms with Crippen molar-refractivity contribution in [2.75, 3.05) is 19.6 Å². The number of fused-ring (bicyclic) bond motifs is 1. The van der Waals surface area contributed by atoms with E-state index in [2.05, 4.69) is 9.55 Å². The number of imidazole rings is 1. The molecule has 27 heavy (non-hydrogen) atoms. The molecule has 3 heterocycles. The molecule has 142 valence electrons. The Hall–Kier alpha value is -2.60. The fourth-order valence-electron chi connectivity index (χ4n) is 4.34. The van der Waals surface area contributed by atoms with Crippen LogP contribution >= 0.6 is 0 Å². The number of aryl methyl sites for hydroxylation is 1. The number of rotatable bonds is 4. The predicted molar refractivity (Wildman–Crippen MR) is 106 cm³/mol. The highest BCUT2D eigenvalue weighted by Crippen LogP contribution is 2.21. The highest BCUT2D eigenvalue weighted by atomic mass is 16.1. The molecular weight excluding hydrogens is 340 g/mol. The lowest BCUT2D eigenvalue weighted by Crippen LogP contribution is -3.13. The van der Waals surface area contributed by atoms with E-state index in [0.717, 1.165) is 53.9 Å². The van der Waals surface area contributed by atoms with E-state index in [1.807, 2.05) is 55.8 Å². The van der Waals surface area contributed by atoms with Crippen LogP contribution in [0.25, 0.3) is 11.0 Å². The molecule has 4 rings (SSSR count). The summed E-state index contributed by atoms with van der Waals surface area (Å²) in [5.74, 6) is 0.217. The highest BCUT2D eigenvalue weighted by molar-refractivity contribution is 5.98. The molecule has 2 aromatic heterocycles. The third kappa shape index (κ3) is 3.14. The summed E-state index contributed by atoms with van der Waals surface area (Å²) in [6.45, 7) is 6.38. The first kappa shape index (κ1) is 17.8. The fraction of sp³-hybridized carbons (Fsp3) is 0.429. The first-order valence-corrected chi connectivity index (χ1v) is 9.64. The Morgan fingerprint density at radius 2 is 1.93 bits per heavy atom. The average Bonchev–Trinajstić information content (AvgIpc) is 3.13. The van der Waals surface area contributed by atoms with E-state index in [-0.39, 0.29) is 17.5 Å². The largest absolute Gasteiger partial charge is 0.351 e. The van der Waals surface area contributed by atoms with E-state index in [9.17, 15) is 9.59 Å². The zero-order chi connectivity index (χ0) is 19.1. The van der Waals surface area contributed by atoms with Crippen LogP contribution < -0.4 is 10.6 Å². The van der Waals surface area contributed by atoms with Crippen molar-refractivity contribution < 1.29 is 9.69 Å². The smallest absolute Gasteiger partial charge is 0.326 e. The molecule has 0 bridgehead atoms. The minimum absolute atomic E-state index is 0.0314. The van der Waals surface area contributed by atoms with Gasteiger partial charge < -0.3 is 14.5 Å². The second kappa shape index (κ2) is 6.85. The lowest BCUT2D eigenvalue weighted by molar-refractivity contribution is -0.897. The second-order valence-electron chi connectivity index (χ2n) is 7.74. The van der Waals surface area contributed by atoms with Crippen LogP contribution in [0, 0.1) is 13.8 Å². The number of likely N-dealkylation sites (tertiary alicyclic amines) is 1. The van der Waals surface area contributed by atoms with Gasteiger partial charge in [0.25, 0.3) is 0 Å². The number of nitrogens with one attached hydrogen (secondary N) is 2. The van der Waals surface area contributed by atoms with Crippen molar-refractivity contribution in [1.29, 1.82) is 0 Å². The number of piperidine rings is 1. The summed E-state index contributed by atoms with van der Waals surface area (Å²) < 4.78 is 3.97. The van der Waals surface area contributed by atoms with Crippen molar-refractivity contribution >= 4 is 16.8 Å². The summed E-state index contributed by atoms with van der Waals surface area (Å²) in [5.41, 5.74) is 4.83. The summed E-state index contributed by atoms with van der Waals surface area (Å²) in [7, 11) is 2.00. The number of quaternary nitrogens is 1. The molecule has 0 atom stereocenters. The predicted octanol–water partition coefficient (Wildman–Crippen LogP) is 1.39. The Morgan fingerprint density at radius 3 is 2.59 bits per heavy atom. The molecule has 0 radical (unpaired) electrons. The van der Waals surface area contributed by atoms with Crippen LogP contribution in [-0.2, 0) is 7.05 Å². The van der Waals surface area contributed by atoms with Gasteiger partial charge in [-0.05, 0) is 32.0 Å². The van der Waals surface area contributed by atoms with Crippen LogP contribution in [0.5, 0.6) is 0 Å². The van der Waals surface area contributed by atoms with Gasteiger partial charge >= 0.3 is 5.69 Å². The second-order valence-corrected chi connectivity index (χ2v) is 7.74. The van der Waals surface area contributed by atoms with Crippen LogP contribution in [0.4, 0.5) is 0 Å². The van der Waals surface area contributed by atoms with Gasteiger partial charge in [-0.25, -0.2) is 4.79 Å². The number of nitrogens with zero attached hydrogens (tertiary/aromatic N) is 2. The normalized spacial score (nSPS) is 20.3. The standard InChI is InChI=1S/C21H26N4O2/c1-14-12-17(15(2)23(14)3)20(26)13-24-10-8-16(9-11-24)25-19-7-5-4-6-18(19)22-21(25)27/h4-7,12,16H,8-11,13H2,1-3H3,(H,22,27)/p+1. The van der Waals surface area contributed by atoms with Crippen molar-refractivity contribution in [3.05, 3.63) is 57.8 Å². The van der Waals surface area contributed by atoms with Gasteiger partial charge in [0.2, 0.25) is 5.78 Å². The monoisotopic (exact) mass is 367 g/mol. The van der Waals surface area contributed by atoms with E-state index in [4.69, 9.17) is 0 Å². The van der Waals surface area contributed by atoms with Crippen molar-refractivity contribution in [2.45, 2.75) is 32.7 Å². The minimum Gasteiger partial charge on any atom is -0.351 e. The average molecular weight is 367 g/mol. The maximum absolute atomic E-state index is 12.7. The Labute approximate surface area is 158 Å². The molecule has 1 aromatic carbocycles. The lowest BCUT2D eigenvalue weighted by Gasteiger charge is -2.29. The molecule has 0 unspecified atom stereocenters. The molecule has 0 spiro atoms. The first-order valence-electron chi connectivity index (χ1n) is 9.64. The first-order chi connectivity index (χ1) is 13.0. The highest BCUT2D eigenvalue weighted by Gasteiger charge is 2.28. The van der Waals surface area contributed by atoms with Crippen LogP contribution in [0.15, 0.2) is 35.1 Å². The van der Waals surface area contributed by atoms with Gasteiger partial charge in [0.05, 0.1) is 24.1 Å². The number of carbonyl (C=O) groups excluding carboxylic acids is 1. The van der Waals surface area contributed by atoms with E-state index in [1.54, 1.807) is 0 Å². The number of Topliss-reactive ketones (excluding diaryl/α,β-unsaturated/α-hetero) is 1. The van der Waals surface area contributed by atoms with E-state index in [0.29, 0.717) is 6.54 Å². The van der Waals surface area contributed by atoms with Crippen molar-refractivity contribution in [2.24, 2.45) is 7.05 Å². The number of hydrogen-bond acceptors (Lipinski definition) is 2. The number of ketones is 1. The molecule has 0 saturated carbocycles. The zero-order valence-corrected chi connectivity index (χ0v) is 16.2. The van der Waals surface area contributed by atoms with Gasteiger partial charge in [-0.1, -0.05) is 12.1 Å². The molecule has 1 fully saturated rings. The number of aromatic amines is 1. The Balaban J connectivity index is 1.44. The van der Waals surface area contributed by atoms with Gasteiger partial charge in [0.15, 0.2) is 0 Å². The van der Waals surface area contributed by atoms with Gasteiger partial charge in [0.1, 0.15) is 6.54 Å². The lowest BCUT2D eigenvalue weighted by atomic mass is 10.0. The maximum Gasteiger partial charge on any atom is 0.326 e. The number of carbonyl (C=O) groups is 1. The summed E-state index contributed by atoms with van der Waals surface area (Å²) >= 11 is 0. The third-order valence-electron chi connectivity index (χ3n) is 6.14.